The van der Waals surface area contributed by atoms with Crippen LogP contribution in [0.4, 0.5) is 5.69 Å². The molecule has 0 unspecified atom stereocenters. The zero-order valence-electron chi connectivity index (χ0n) is 16.5. The van der Waals surface area contributed by atoms with Gasteiger partial charge in [-0.1, -0.05) is 25.1 Å². The molecule has 0 aliphatic heterocycles. The number of nitrogens with one attached hydrogen (secondary N) is 1. The Morgan fingerprint density at radius 3 is 2.96 bits per heavy atom. The molecule has 0 radical (unpaired) electrons. The lowest BCUT2D eigenvalue weighted by Crippen LogP contribution is -2.40. The number of aromatic nitrogens is 1. The highest BCUT2D eigenvalue weighted by atomic mass is 16.1. The molecule has 144 valence electrons. The molecular formula is C24H26N2O2. The monoisotopic (exact) mass is 374 g/mol. The summed E-state index contributed by atoms with van der Waals surface area (Å²) >= 11 is 0. The fourth-order valence-electron chi connectivity index (χ4n) is 4.92. The summed E-state index contributed by atoms with van der Waals surface area (Å²) in [6, 6.07) is 9.70. The second kappa shape index (κ2) is 7.34. The Morgan fingerprint density at radius 1 is 1.32 bits per heavy atom. The fraction of sp³-hybridized carbons (Fsp3) is 0.375. The van der Waals surface area contributed by atoms with Gasteiger partial charge in [-0.05, 0) is 72.9 Å². The molecule has 1 aromatic heterocycles. The number of benzene rings is 1. The maximum Gasteiger partial charge on any atom is 0.255 e. The maximum atomic E-state index is 12.8. The van der Waals surface area contributed by atoms with Crippen LogP contribution in [-0.4, -0.2) is 16.7 Å². The highest BCUT2D eigenvalue weighted by molar-refractivity contribution is 6.05. The summed E-state index contributed by atoms with van der Waals surface area (Å²) in [6.45, 7) is 4.11. The molecule has 28 heavy (non-hydrogen) atoms. The molecule has 2 aliphatic rings. The van der Waals surface area contributed by atoms with Crippen LogP contribution in [0.3, 0.4) is 0 Å². The summed E-state index contributed by atoms with van der Waals surface area (Å²) in [5.74, 6) is 0.611. The van der Waals surface area contributed by atoms with Crippen LogP contribution in [0.15, 0.2) is 42.6 Å². The number of pyridine rings is 1. The minimum absolute atomic E-state index is 0.0295. The molecule has 4 nitrogen and oxygen atoms in total. The summed E-state index contributed by atoms with van der Waals surface area (Å²) in [7, 11) is 0. The molecule has 4 rings (SSSR count). The van der Waals surface area contributed by atoms with Crippen LogP contribution in [0, 0.1) is 12.8 Å². The van der Waals surface area contributed by atoms with Gasteiger partial charge >= 0.3 is 0 Å². The number of anilines is 1. The Hall–Kier alpha value is -2.75. The lowest BCUT2D eigenvalue weighted by atomic mass is 9.60. The Bertz CT molecular complexity index is 963. The number of nitrogens with zero attached hydrogens (tertiary/aromatic N) is 1. The van der Waals surface area contributed by atoms with Crippen molar-refractivity contribution in [1.82, 2.24) is 4.98 Å². The average Bonchev–Trinajstić information content (AvgIpc) is 2.86. The van der Waals surface area contributed by atoms with Gasteiger partial charge in [0, 0.05) is 24.6 Å². The lowest BCUT2D eigenvalue weighted by Gasteiger charge is -2.43. The third kappa shape index (κ3) is 3.17. The molecular weight excluding hydrogens is 348 g/mol. The number of hydrogen-bond donors (Lipinski definition) is 1. The van der Waals surface area contributed by atoms with Gasteiger partial charge in [0.05, 0.1) is 11.4 Å². The normalized spacial score (nSPS) is 23.5. The number of ketones is 1. The number of Topliss-reactive ketones (excluding diaryl/α,β-unsaturated/α-hetero) is 1. The highest BCUT2D eigenvalue weighted by Gasteiger charge is 2.44. The predicted molar refractivity (Wildman–Crippen MR) is 111 cm³/mol. The smallest absolute Gasteiger partial charge is 0.255 e. The maximum absolute atomic E-state index is 12.8. The van der Waals surface area contributed by atoms with Crippen molar-refractivity contribution in [3.63, 3.8) is 0 Å². The van der Waals surface area contributed by atoms with Gasteiger partial charge in [-0.25, -0.2) is 0 Å². The number of fused-ring (bicyclic) bond motifs is 3. The summed E-state index contributed by atoms with van der Waals surface area (Å²) in [5, 5.41) is 2.96. The van der Waals surface area contributed by atoms with Gasteiger partial charge in [-0.3, -0.25) is 14.6 Å². The third-order valence-electron chi connectivity index (χ3n) is 6.56. The van der Waals surface area contributed by atoms with E-state index in [4.69, 9.17) is 0 Å². The number of aryl methyl sites for hydroxylation is 1. The van der Waals surface area contributed by atoms with Crippen molar-refractivity contribution in [2.45, 2.75) is 51.4 Å². The largest absolute Gasteiger partial charge is 0.320 e. The van der Waals surface area contributed by atoms with E-state index in [2.05, 4.69) is 35.4 Å². The average molecular weight is 374 g/mol. The Balaban J connectivity index is 1.68. The van der Waals surface area contributed by atoms with Crippen molar-refractivity contribution in [2.75, 3.05) is 5.32 Å². The molecule has 1 fully saturated rings. The lowest BCUT2D eigenvalue weighted by molar-refractivity contribution is -0.123. The second-order valence-corrected chi connectivity index (χ2v) is 7.98. The van der Waals surface area contributed by atoms with Gasteiger partial charge in [-0.2, -0.15) is 0 Å². The Labute approximate surface area is 166 Å². The molecule has 2 aromatic rings. The van der Waals surface area contributed by atoms with E-state index in [0.717, 1.165) is 36.2 Å². The van der Waals surface area contributed by atoms with Gasteiger partial charge in [0.25, 0.3) is 5.91 Å². The third-order valence-corrected chi connectivity index (χ3v) is 6.56. The van der Waals surface area contributed by atoms with Gasteiger partial charge in [0.2, 0.25) is 0 Å². The van der Waals surface area contributed by atoms with E-state index in [9.17, 15) is 9.59 Å². The first-order valence-electron chi connectivity index (χ1n) is 10.1. The minimum atomic E-state index is -0.127. The summed E-state index contributed by atoms with van der Waals surface area (Å²) in [4.78, 5) is 29.1. The molecule has 1 heterocycles. The van der Waals surface area contributed by atoms with Crippen molar-refractivity contribution in [3.05, 3.63) is 65.0 Å². The molecule has 1 N–H and O–H groups in total. The van der Waals surface area contributed by atoms with Crippen LogP contribution in [0.1, 0.15) is 66.2 Å². The number of hydrogen-bond acceptors (Lipinski definition) is 3. The first-order valence-corrected chi connectivity index (χ1v) is 10.1. The highest BCUT2D eigenvalue weighted by Crippen LogP contribution is 2.49. The standard InChI is InChI=1S/C24H26N2O2/c1-3-24-12-11-20(27)15-19(24)7-4-6-17-14-18(9-10-21(17)24)23(28)26-22-8-5-13-25-16(22)2/h4-6,8-10,13-14,19H,3,7,11-12,15H2,1-2H3,(H,26,28)/t19-,24+/m0/s1. The molecule has 0 saturated heterocycles. The minimum Gasteiger partial charge on any atom is -0.320 e. The van der Waals surface area contributed by atoms with Crippen molar-refractivity contribution in [1.29, 1.82) is 0 Å². The number of allylic oxidation sites excluding steroid dienone is 1. The van der Waals surface area contributed by atoms with Crippen molar-refractivity contribution < 1.29 is 9.59 Å². The van der Waals surface area contributed by atoms with E-state index in [-0.39, 0.29) is 11.3 Å². The van der Waals surface area contributed by atoms with Crippen LogP contribution in [-0.2, 0) is 10.2 Å². The summed E-state index contributed by atoms with van der Waals surface area (Å²) in [6.07, 6.45) is 10.2. The fourth-order valence-corrected chi connectivity index (χ4v) is 4.92. The molecule has 4 heteroatoms. The topological polar surface area (TPSA) is 59.1 Å². The van der Waals surface area contributed by atoms with E-state index in [1.807, 2.05) is 31.2 Å². The molecule has 1 amide bonds. The quantitative estimate of drug-likeness (QED) is 0.815. The zero-order valence-corrected chi connectivity index (χ0v) is 16.5. The second-order valence-electron chi connectivity index (χ2n) is 7.98. The molecule has 2 atom stereocenters. The summed E-state index contributed by atoms with van der Waals surface area (Å²) < 4.78 is 0. The molecule has 0 spiro atoms. The molecule has 1 saturated carbocycles. The van der Waals surface area contributed by atoms with Gasteiger partial charge in [-0.15, -0.1) is 0 Å². The molecule has 2 aliphatic carbocycles. The van der Waals surface area contributed by atoms with Crippen molar-refractivity contribution in [2.24, 2.45) is 5.92 Å². The van der Waals surface area contributed by atoms with Gasteiger partial charge in [0.1, 0.15) is 5.78 Å². The van der Waals surface area contributed by atoms with E-state index in [1.165, 1.54) is 5.56 Å². The SMILES string of the molecule is CC[C@@]12CCC(=O)C[C@@H]1CC=Cc1cc(C(=O)Nc3cccnc3C)ccc12. The Kier molecular flexibility index (Phi) is 4.88. The van der Waals surface area contributed by atoms with Gasteiger partial charge < -0.3 is 5.32 Å². The van der Waals surface area contributed by atoms with Crippen LogP contribution < -0.4 is 5.32 Å². The zero-order chi connectivity index (χ0) is 19.7. The van der Waals surface area contributed by atoms with E-state index < -0.39 is 0 Å². The molecule has 0 bridgehead atoms. The van der Waals surface area contributed by atoms with Crippen molar-refractivity contribution >= 4 is 23.5 Å². The molecule has 1 aromatic carbocycles. The predicted octanol–water partition coefficient (Wildman–Crippen LogP) is 5.08. The number of carbonyl (C=O) groups excluding carboxylic acids is 2. The van der Waals surface area contributed by atoms with Gasteiger partial charge in [0.15, 0.2) is 0 Å². The number of amides is 1. The van der Waals surface area contributed by atoms with E-state index in [1.54, 1.807) is 6.20 Å². The van der Waals surface area contributed by atoms with Crippen LogP contribution in [0.25, 0.3) is 6.08 Å². The van der Waals surface area contributed by atoms with Crippen LogP contribution >= 0.6 is 0 Å². The summed E-state index contributed by atoms with van der Waals surface area (Å²) in [5.41, 5.74) is 4.59. The van der Waals surface area contributed by atoms with E-state index in [0.29, 0.717) is 30.1 Å². The van der Waals surface area contributed by atoms with Crippen LogP contribution in [0.5, 0.6) is 0 Å². The van der Waals surface area contributed by atoms with Crippen LogP contribution in [0.2, 0.25) is 0 Å². The number of rotatable bonds is 3. The van der Waals surface area contributed by atoms with Crippen molar-refractivity contribution in [3.8, 4) is 0 Å². The number of carbonyl (C=O) groups is 2. The Morgan fingerprint density at radius 2 is 2.18 bits per heavy atom. The first kappa shape index (κ1) is 18.6. The first-order chi connectivity index (χ1) is 13.5. The van der Waals surface area contributed by atoms with E-state index >= 15 is 0 Å².